The van der Waals surface area contributed by atoms with Gasteiger partial charge in [0.1, 0.15) is 16.5 Å². The lowest BCUT2D eigenvalue weighted by Gasteiger charge is -2.31. The number of methoxy groups -OCH3 is 1. The zero-order valence-corrected chi connectivity index (χ0v) is 20.1. The minimum Gasteiger partial charge on any atom is -0.495 e. The molecule has 1 amide bonds. The van der Waals surface area contributed by atoms with Gasteiger partial charge in [-0.05, 0) is 62.7 Å². The summed E-state index contributed by atoms with van der Waals surface area (Å²) in [6.07, 6.45) is 0.883. The van der Waals surface area contributed by atoms with Gasteiger partial charge in [-0.2, -0.15) is 4.31 Å². The molecule has 12 heteroatoms. The number of carbonyl (C=O) groups is 1. The number of halogens is 1. The van der Waals surface area contributed by atoms with E-state index in [1.807, 2.05) is 0 Å². The van der Waals surface area contributed by atoms with Crippen LogP contribution in [-0.2, 0) is 24.8 Å². The van der Waals surface area contributed by atoms with Crippen LogP contribution in [-0.4, -0.2) is 54.3 Å². The topological polar surface area (TPSA) is 122 Å². The maximum atomic E-state index is 13.8. The standard InChI is InChI=1S/C21H26FN3O6S2/c1-14-6-8-17(32(27,28)23-2)12-18(14)24-21(26)15-5-4-10-25(13-15)33(29,30)20-11-16(22)7-9-19(20)31-3/h6-9,11-12,15,23H,4-5,10,13H2,1-3H3,(H,24,26)/t15-/m0/s1. The summed E-state index contributed by atoms with van der Waals surface area (Å²) < 4.78 is 72.7. The van der Waals surface area contributed by atoms with Gasteiger partial charge in [0.2, 0.25) is 26.0 Å². The van der Waals surface area contributed by atoms with Crippen molar-refractivity contribution >= 4 is 31.6 Å². The fourth-order valence-corrected chi connectivity index (χ4v) is 6.07. The lowest BCUT2D eigenvalue weighted by Crippen LogP contribution is -2.43. The number of hydrogen-bond acceptors (Lipinski definition) is 6. The molecule has 0 unspecified atom stereocenters. The van der Waals surface area contributed by atoms with E-state index in [-0.39, 0.29) is 28.6 Å². The highest BCUT2D eigenvalue weighted by Gasteiger charge is 2.35. The summed E-state index contributed by atoms with van der Waals surface area (Å²) in [6, 6.07) is 7.61. The Morgan fingerprint density at radius 1 is 1.15 bits per heavy atom. The molecular weight excluding hydrogens is 473 g/mol. The van der Waals surface area contributed by atoms with Crippen LogP contribution < -0.4 is 14.8 Å². The summed E-state index contributed by atoms with van der Waals surface area (Å²) in [4.78, 5) is 12.7. The minimum absolute atomic E-state index is 0.00283. The van der Waals surface area contributed by atoms with Crippen LogP contribution >= 0.6 is 0 Å². The van der Waals surface area contributed by atoms with E-state index < -0.39 is 37.7 Å². The molecule has 0 bridgehead atoms. The summed E-state index contributed by atoms with van der Waals surface area (Å²) in [5.41, 5.74) is 0.978. The van der Waals surface area contributed by atoms with Gasteiger partial charge in [-0.25, -0.2) is 25.9 Å². The second-order valence-corrected chi connectivity index (χ2v) is 11.5. The average Bonchev–Trinajstić information content (AvgIpc) is 2.80. The number of ether oxygens (including phenoxy) is 1. The van der Waals surface area contributed by atoms with E-state index in [2.05, 4.69) is 10.0 Å². The van der Waals surface area contributed by atoms with E-state index in [1.54, 1.807) is 13.0 Å². The Hall–Kier alpha value is -2.54. The van der Waals surface area contributed by atoms with Crippen molar-refractivity contribution in [2.45, 2.75) is 29.6 Å². The Labute approximate surface area is 193 Å². The van der Waals surface area contributed by atoms with Crippen molar-refractivity contribution in [2.24, 2.45) is 5.92 Å². The molecule has 0 radical (unpaired) electrons. The highest BCUT2D eigenvalue weighted by atomic mass is 32.2. The summed E-state index contributed by atoms with van der Waals surface area (Å²) >= 11 is 0. The van der Waals surface area contributed by atoms with E-state index in [0.717, 1.165) is 16.4 Å². The van der Waals surface area contributed by atoms with Gasteiger partial charge in [-0.15, -0.1) is 0 Å². The summed E-state index contributed by atoms with van der Waals surface area (Å²) in [6.45, 7) is 1.81. The third kappa shape index (κ3) is 5.35. The first-order chi connectivity index (χ1) is 15.5. The third-order valence-electron chi connectivity index (χ3n) is 5.54. The highest BCUT2D eigenvalue weighted by Crippen LogP contribution is 2.31. The van der Waals surface area contributed by atoms with Crippen molar-refractivity contribution in [1.82, 2.24) is 9.03 Å². The summed E-state index contributed by atoms with van der Waals surface area (Å²) in [7, 11) is -5.22. The molecule has 0 spiro atoms. The van der Waals surface area contributed by atoms with E-state index in [4.69, 9.17) is 4.74 Å². The van der Waals surface area contributed by atoms with Crippen LogP contribution in [0, 0.1) is 18.7 Å². The second kappa shape index (κ2) is 9.75. The highest BCUT2D eigenvalue weighted by molar-refractivity contribution is 7.89. The predicted octanol–water partition coefficient (Wildman–Crippen LogP) is 2.09. The Balaban J connectivity index is 1.82. The molecule has 0 aliphatic carbocycles. The molecule has 2 aromatic carbocycles. The number of amides is 1. The van der Waals surface area contributed by atoms with Crippen LogP contribution in [0.3, 0.4) is 0 Å². The largest absolute Gasteiger partial charge is 0.495 e. The van der Waals surface area contributed by atoms with Gasteiger partial charge in [0.25, 0.3) is 0 Å². The van der Waals surface area contributed by atoms with E-state index in [1.165, 1.54) is 32.4 Å². The minimum atomic E-state index is -4.10. The fraction of sp³-hybridized carbons (Fsp3) is 0.381. The molecule has 33 heavy (non-hydrogen) atoms. The number of hydrogen-bond donors (Lipinski definition) is 2. The van der Waals surface area contributed by atoms with Crippen molar-refractivity contribution in [3.05, 3.63) is 47.8 Å². The number of nitrogens with zero attached hydrogens (tertiary/aromatic N) is 1. The normalized spacial score (nSPS) is 17.5. The molecule has 2 N–H and O–H groups in total. The Morgan fingerprint density at radius 2 is 1.88 bits per heavy atom. The Kier molecular flexibility index (Phi) is 7.42. The fourth-order valence-electron chi connectivity index (χ4n) is 3.62. The molecule has 0 saturated carbocycles. The molecule has 1 atom stereocenters. The zero-order valence-electron chi connectivity index (χ0n) is 18.5. The Bertz CT molecular complexity index is 1260. The molecular formula is C21H26FN3O6S2. The number of nitrogens with one attached hydrogen (secondary N) is 2. The number of benzene rings is 2. The quantitative estimate of drug-likeness (QED) is 0.602. The monoisotopic (exact) mass is 499 g/mol. The van der Waals surface area contributed by atoms with E-state index in [0.29, 0.717) is 24.1 Å². The first kappa shape index (κ1) is 25.1. The Morgan fingerprint density at radius 3 is 2.55 bits per heavy atom. The van der Waals surface area contributed by atoms with Gasteiger partial charge >= 0.3 is 0 Å². The molecule has 1 aliphatic heterocycles. The predicted molar refractivity (Wildman–Crippen MR) is 120 cm³/mol. The van der Waals surface area contributed by atoms with Crippen LogP contribution in [0.4, 0.5) is 10.1 Å². The molecule has 0 aromatic heterocycles. The van der Waals surface area contributed by atoms with Crippen molar-refractivity contribution in [3.8, 4) is 5.75 Å². The second-order valence-electron chi connectivity index (χ2n) is 7.67. The van der Waals surface area contributed by atoms with Crippen LogP contribution in [0.5, 0.6) is 5.75 Å². The maximum Gasteiger partial charge on any atom is 0.246 e. The summed E-state index contributed by atoms with van der Waals surface area (Å²) in [5, 5.41) is 2.72. The van der Waals surface area contributed by atoms with Crippen molar-refractivity contribution in [3.63, 3.8) is 0 Å². The smallest absolute Gasteiger partial charge is 0.246 e. The van der Waals surface area contributed by atoms with Gasteiger partial charge in [-0.1, -0.05) is 6.07 Å². The molecule has 2 aromatic rings. The lowest BCUT2D eigenvalue weighted by molar-refractivity contribution is -0.120. The lowest BCUT2D eigenvalue weighted by atomic mass is 9.98. The molecule has 1 fully saturated rings. The zero-order chi connectivity index (χ0) is 24.4. The number of piperidine rings is 1. The molecule has 1 aliphatic rings. The van der Waals surface area contributed by atoms with E-state index >= 15 is 0 Å². The molecule has 1 saturated heterocycles. The third-order valence-corrected chi connectivity index (χ3v) is 8.84. The SMILES string of the molecule is CNS(=O)(=O)c1ccc(C)c(NC(=O)[C@H]2CCCN(S(=O)(=O)c3cc(F)ccc3OC)C2)c1. The summed E-state index contributed by atoms with van der Waals surface area (Å²) in [5.74, 6) is -1.80. The van der Waals surface area contributed by atoms with Crippen LogP contribution in [0.25, 0.3) is 0 Å². The van der Waals surface area contributed by atoms with Crippen molar-refractivity contribution in [1.29, 1.82) is 0 Å². The van der Waals surface area contributed by atoms with Gasteiger partial charge < -0.3 is 10.1 Å². The van der Waals surface area contributed by atoms with Crippen LogP contribution in [0.2, 0.25) is 0 Å². The van der Waals surface area contributed by atoms with Gasteiger partial charge in [-0.3, -0.25) is 4.79 Å². The van der Waals surface area contributed by atoms with Crippen LogP contribution in [0.15, 0.2) is 46.2 Å². The van der Waals surface area contributed by atoms with Crippen LogP contribution in [0.1, 0.15) is 18.4 Å². The van der Waals surface area contributed by atoms with Crippen molar-refractivity contribution < 1.29 is 30.8 Å². The number of aryl methyl sites for hydroxylation is 1. The number of rotatable bonds is 7. The van der Waals surface area contributed by atoms with Gasteiger partial charge in [0.15, 0.2) is 0 Å². The number of sulfonamides is 2. The maximum absolute atomic E-state index is 13.8. The number of anilines is 1. The van der Waals surface area contributed by atoms with Gasteiger partial charge in [0, 0.05) is 18.8 Å². The molecule has 3 rings (SSSR count). The van der Waals surface area contributed by atoms with Crippen molar-refractivity contribution in [2.75, 3.05) is 32.6 Å². The first-order valence-electron chi connectivity index (χ1n) is 10.2. The number of carbonyl (C=O) groups excluding carboxylic acids is 1. The molecule has 9 nitrogen and oxygen atoms in total. The molecule has 180 valence electrons. The molecule has 1 heterocycles. The van der Waals surface area contributed by atoms with E-state index in [9.17, 15) is 26.0 Å². The first-order valence-corrected chi connectivity index (χ1v) is 13.1. The van der Waals surface area contributed by atoms with Gasteiger partial charge in [0.05, 0.1) is 17.9 Å². The average molecular weight is 500 g/mol.